The zero-order valence-electron chi connectivity index (χ0n) is 20.0. The van der Waals surface area contributed by atoms with Gasteiger partial charge in [0.1, 0.15) is 17.3 Å². The lowest BCUT2D eigenvalue weighted by Crippen LogP contribution is -2.28. The number of likely N-dealkylation sites (tertiary alicyclic amines) is 1. The summed E-state index contributed by atoms with van der Waals surface area (Å²) in [6, 6.07) is 25.5. The molecule has 1 N–H and O–H groups in total. The van der Waals surface area contributed by atoms with Crippen LogP contribution < -0.4 is 4.74 Å². The number of aliphatic hydroxyl groups is 1. The molecule has 5 nitrogen and oxygen atoms in total. The summed E-state index contributed by atoms with van der Waals surface area (Å²) < 4.78 is 6.02. The first-order valence-electron chi connectivity index (χ1n) is 11.6. The monoisotopic (exact) mass is 495 g/mol. The maximum atomic E-state index is 13.4. The van der Waals surface area contributed by atoms with Gasteiger partial charge in [-0.25, -0.2) is 0 Å². The Bertz CT molecular complexity index is 1460. The van der Waals surface area contributed by atoms with Crippen LogP contribution in [0.25, 0.3) is 5.76 Å². The van der Waals surface area contributed by atoms with E-state index in [1.165, 1.54) is 16.2 Å². The van der Waals surface area contributed by atoms with Gasteiger partial charge >= 0.3 is 0 Å². The van der Waals surface area contributed by atoms with E-state index < -0.39 is 17.7 Å². The Kier molecular flexibility index (Phi) is 6.44. The first kappa shape index (κ1) is 23.6. The Labute approximate surface area is 213 Å². The molecule has 0 radical (unpaired) electrons. The molecule has 1 aliphatic rings. The van der Waals surface area contributed by atoms with Crippen molar-refractivity contribution in [3.8, 4) is 11.5 Å². The molecule has 1 saturated heterocycles. The first-order chi connectivity index (χ1) is 17.4. The molecule has 180 valence electrons. The van der Waals surface area contributed by atoms with E-state index >= 15 is 0 Å². The summed E-state index contributed by atoms with van der Waals surface area (Å²) in [5, 5.41) is 13.4. The van der Waals surface area contributed by atoms with Crippen molar-refractivity contribution in [2.24, 2.45) is 0 Å². The summed E-state index contributed by atoms with van der Waals surface area (Å²) in [7, 11) is 0. The van der Waals surface area contributed by atoms with Crippen LogP contribution in [0.1, 0.15) is 33.2 Å². The zero-order chi connectivity index (χ0) is 25.2. The normalized spacial score (nSPS) is 16.9. The molecule has 1 fully saturated rings. The molecular formula is C30H25NO4S. The molecule has 1 aromatic heterocycles. The Balaban J connectivity index is 1.64. The lowest BCUT2D eigenvalue weighted by atomic mass is 9.93. The molecule has 0 bridgehead atoms. The second kappa shape index (κ2) is 9.84. The molecule has 6 heteroatoms. The maximum absolute atomic E-state index is 13.4. The van der Waals surface area contributed by atoms with Gasteiger partial charge in [0, 0.05) is 10.4 Å². The quantitative estimate of drug-likeness (QED) is 0.182. The van der Waals surface area contributed by atoms with E-state index in [9.17, 15) is 14.7 Å². The number of aryl methyl sites for hydroxylation is 2. The van der Waals surface area contributed by atoms with Gasteiger partial charge in [0.25, 0.3) is 11.7 Å². The third-order valence-electron chi connectivity index (χ3n) is 6.25. The number of Topliss-reactive ketones (excluding diaryl/α,β-unsaturated/α-hetero) is 1. The molecule has 4 aromatic rings. The highest BCUT2D eigenvalue weighted by Gasteiger charge is 2.46. The standard InChI is InChI=1S/C30H25NO4S/c1-19-13-14-20(2)25(16-19)28(32)26-27(31(30(34)29(26)33)18-24-12-7-15-36-24)21-8-6-11-23(17-21)35-22-9-4-3-5-10-22/h3-17,27,32H,18H2,1-2H3/b28-26+. The lowest BCUT2D eigenvalue weighted by molar-refractivity contribution is -0.140. The first-order valence-corrected chi connectivity index (χ1v) is 12.5. The Hall–Kier alpha value is -4.16. The van der Waals surface area contributed by atoms with Crippen LogP contribution in [0.15, 0.2) is 95.9 Å². The molecule has 2 heterocycles. The number of thiophene rings is 1. The molecule has 0 saturated carbocycles. The number of carbonyl (C=O) groups excluding carboxylic acids is 2. The lowest BCUT2D eigenvalue weighted by Gasteiger charge is -2.25. The molecule has 0 aliphatic carbocycles. The van der Waals surface area contributed by atoms with Crippen LogP contribution >= 0.6 is 11.3 Å². The van der Waals surface area contributed by atoms with Gasteiger partial charge in [0.05, 0.1) is 18.2 Å². The van der Waals surface area contributed by atoms with E-state index in [1.807, 2.05) is 104 Å². The van der Waals surface area contributed by atoms with Crippen LogP contribution in [0.2, 0.25) is 0 Å². The highest BCUT2D eigenvalue weighted by atomic mass is 32.1. The van der Waals surface area contributed by atoms with Gasteiger partial charge in [-0.05, 0) is 66.8 Å². The summed E-state index contributed by atoms with van der Waals surface area (Å²) in [5.41, 5.74) is 3.09. The van der Waals surface area contributed by atoms with Crippen LogP contribution in [0.4, 0.5) is 0 Å². The van der Waals surface area contributed by atoms with Crippen LogP contribution in [-0.4, -0.2) is 21.7 Å². The van der Waals surface area contributed by atoms with Crippen LogP contribution in [0.3, 0.4) is 0 Å². The SMILES string of the molecule is Cc1ccc(C)c(/C(O)=C2\C(=O)C(=O)N(Cc3cccs3)C2c2cccc(Oc3ccccc3)c2)c1. The van der Waals surface area contributed by atoms with Crippen molar-refractivity contribution < 1.29 is 19.4 Å². The van der Waals surface area contributed by atoms with Gasteiger partial charge in [-0.1, -0.05) is 54.1 Å². The van der Waals surface area contributed by atoms with Crippen molar-refractivity contribution >= 4 is 28.8 Å². The van der Waals surface area contributed by atoms with Crippen molar-refractivity contribution in [1.29, 1.82) is 0 Å². The molecule has 1 atom stereocenters. The number of aliphatic hydroxyl groups excluding tert-OH is 1. The van der Waals surface area contributed by atoms with Crippen molar-refractivity contribution in [1.82, 2.24) is 4.90 Å². The molecule has 0 spiro atoms. The third kappa shape index (κ3) is 4.55. The number of benzene rings is 3. The minimum Gasteiger partial charge on any atom is -0.507 e. The van der Waals surface area contributed by atoms with Gasteiger partial charge in [-0.15, -0.1) is 11.3 Å². The third-order valence-corrected chi connectivity index (χ3v) is 7.11. The average Bonchev–Trinajstić information content (AvgIpc) is 3.48. The van der Waals surface area contributed by atoms with Gasteiger partial charge < -0.3 is 14.7 Å². The van der Waals surface area contributed by atoms with Crippen LogP contribution in [0.5, 0.6) is 11.5 Å². The molecule has 1 aliphatic heterocycles. The van der Waals surface area contributed by atoms with Gasteiger partial charge in [0.15, 0.2) is 0 Å². The summed E-state index contributed by atoms with van der Waals surface area (Å²) in [6.07, 6.45) is 0. The minimum absolute atomic E-state index is 0.0853. The predicted octanol–water partition coefficient (Wildman–Crippen LogP) is 6.78. The molecule has 1 amide bonds. The van der Waals surface area contributed by atoms with E-state index in [1.54, 1.807) is 0 Å². The minimum atomic E-state index is -0.758. The average molecular weight is 496 g/mol. The summed E-state index contributed by atoms with van der Waals surface area (Å²) >= 11 is 1.52. The summed E-state index contributed by atoms with van der Waals surface area (Å²) in [6.45, 7) is 4.06. The fraction of sp³-hybridized carbons (Fsp3) is 0.133. The van der Waals surface area contributed by atoms with Crippen LogP contribution in [-0.2, 0) is 16.1 Å². The highest BCUT2D eigenvalue weighted by Crippen LogP contribution is 2.42. The number of hydrogen-bond donors (Lipinski definition) is 1. The predicted molar refractivity (Wildman–Crippen MR) is 141 cm³/mol. The van der Waals surface area contributed by atoms with E-state index in [-0.39, 0.29) is 17.9 Å². The van der Waals surface area contributed by atoms with Crippen molar-refractivity contribution in [2.75, 3.05) is 0 Å². The van der Waals surface area contributed by atoms with E-state index in [4.69, 9.17) is 4.74 Å². The topological polar surface area (TPSA) is 66.8 Å². The van der Waals surface area contributed by atoms with Gasteiger partial charge in [-0.3, -0.25) is 9.59 Å². The van der Waals surface area contributed by atoms with Gasteiger partial charge in [0.2, 0.25) is 0 Å². The van der Waals surface area contributed by atoms with E-state index in [0.29, 0.717) is 22.6 Å². The molecule has 3 aromatic carbocycles. The number of rotatable bonds is 6. The second-order valence-electron chi connectivity index (χ2n) is 8.81. The number of ether oxygens (including phenoxy) is 1. The fourth-order valence-corrected chi connectivity index (χ4v) is 5.17. The van der Waals surface area contributed by atoms with Crippen molar-refractivity contribution in [3.63, 3.8) is 0 Å². The van der Waals surface area contributed by atoms with Crippen molar-refractivity contribution in [2.45, 2.75) is 26.4 Å². The number of nitrogens with zero attached hydrogens (tertiary/aromatic N) is 1. The Morgan fingerprint density at radius 3 is 2.44 bits per heavy atom. The number of amides is 1. The number of carbonyl (C=O) groups is 2. The summed E-state index contributed by atoms with van der Waals surface area (Å²) in [4.78, 5) is 29.2. The Morgan fingerprint density at radius 1 is 0.917 bits per heavy atom. The fourth-order valence-electron chi connectivity index (χ4n) is 4.47. The summed E-state index contributed by atoms with van der Waals surface area (Å²) in [5.74, 6) is -0.230. The van der Waals surface area contributed by atoms with Crippen molar-refractivity contribution in [3.05, 3.63) is 123 Å². The second-order valence-corrected chi connectivity index (χ2v) is 9.84. The number of para-hydroxylation sites is 1. The zero-order valence-corrected chi connectivity index (χ0v) is 20.8. The van der Waals surface area contributed by atoms with E-state index in [2.05, 4.69) is 0 Å². The van der Waals surface area contributed by atoms with Gasteiger partial charge in [-0.2, -0.15) is 0 Å². The molecular weight excluding hydrogens is 470 g/mol. The Morgan fingerprint density at radius 2 is 1.69 bits per heavy atom. The maximum Gasteiger partial charge on any atom is 0.295 e. The molecule has 36 heavy (non-hydrogen) atoms. The largest absolute Gasteiger partial charge is 0.507 e. The van der Waals surface area contributed by atoms with E-state index in [0.717, 1.165) is 16.0 Å². The smallest absolute Gasteiger partial charge is 0.295 e. The number of ketones is 1. The van der Waals surface area contributed by atoms with Crippen LogP contribution in [0, 0.1) is 13.8 Å². The number of hydrogen-bond acceptors (Lipinski definition) is 5. The molecule has 5 rings (SSSR count). The highest BCUT2D eigenvalue weighted by molar-refractivity contribution is 7.09. The molecule has 1 unspecified atom stereocenters.